The summed E-state index contributed by atoms with van der Waals surface area (Å²) < 4.78 is 0. The molecule has 0 bridgehead atoms. The van der Waals surface area contributed by atoms with Crippen LogP contribution in [0.1, 0.15) is 33.2 Å². The smallest absolute Gasteiger partial charge is 0.335 e. The van der Waals surface area contributed by atoms with E-state index in [2.05, 4.69) is 0 Å². The summed E-state index contributed by atoms with van der Waals surface area (Å²) in [5, 5.41) is 17.4. The summed E-state index contributed by atoms with van der Waals surface area (Å²) in [6.45, 7) is 4.13. The Balaban J connectivity index is 0.000000404. The van der Waals surface area contributed by atoms with Crippen molar-refractivity contribution < 1.29 is 19.8 Å². The van der Waals surface area contributed by atoms with Crippen LogP contribution in [0.2, 0.25) is 0 Å². The number of hydrogen-bond donors (Lipinski definition) is 3. The minimum Gasteiger partial charge on any atom is -0.478 e. The van der Waals surface area contributed by atoms with E-state index in [4.69, 9.17) is 15.9 Å². The molecular formula is C17H21NO4. The van der Waals surface area contributed by atoms with Crippen LogP contribution in [0.5, 0.6) is 0 Å². The fraction of sp³-hybridized carbons (Fsp3) is 0.176. The Bertz CT molecular complexity index is 524. The standard InChI is InChI=1S/C9H8O4.C6H6.C2H7N/c1-5-6(8(10)11)3-2-4-7(5)9(12)13;1-2-4-6-5-3-1;1-2-3/h2-4H,1H3,(H,10,11)(H,12,13);1-6H;2-3H2,1H3. The number of benzene rings is 2. The minimum absolute atomic E-state index is 0.0277. The number of rotatable bonds is 2. The normalized spacial score (nSPS) is 8.68. The Kier molecular flexibility index (Phi) is 9.71. The van der Waals surface area contributed by atoms with Gasteiger partial charge < -0.3 is 15.9 Å². The quantitative estimate of drug-likeness (QED) is 0.791. The fourth-order valence-electron chi connectivity index (χ4n) is 1.48. The lowest BCUT2D eigenvalue weighted by atomic mass is 10.0. The molecule has 0 aliphatic carbocycles. The van der Waals surface area contributed by atoms with Gasteiger partial charge in [0, 0.05) is 0 Å². The molecule has 0 saturated heterocycles. The second-order valence-electron chi connectivity index (χ2n) is 4.15. The van der Waals surface area contributed by atoms with E-state index in [9.17, 15) is 9.59 Å². The fourth-order valence-corrected chi connectivity index (χ4v) is 1.48. The van der Waals surface area contributed by atoms with Gasteiger partial charge in [-0.15, -0.1) is 0 Å². The van der Waals surface area contributed by atoms with Crippen molar-refractivity contribution in [3.63, 3.8) is 0 Å². The number of aromatic carboxylic acids is 2. The number of carboxylic acids is 2. The molecule has 0 fully saturated rings. The number of nitrogens with two attached hydrogens (primary N) is 1. The van der Waals surface area contributed by atoms with E-state index >= 15 is 0 Å². The van der Waals surface area contributed by atoms with Gasteiger partial charge in [-0.3, -0.25) is 0 Å². The SMILES string of the molecule is CCN.Cc1c(C(=O)O)cccc1C(=O)O.c1ccccc1. The number of carbonyl (C=O) groups is 2. The van der Waals surface area contributed by atoms with Gasteiger partial charge in [-0.1, -0.05) is 49.4 Å². The maximum Gasteiger partial charge on any atom is 0.335 e. The Labute approximate surface area is 130 Å². The molecular weight excluding hydrogens is 282 g/mol. The van der Waals surface area contributed by atoms with Crippen LogP contribution in [0.4, 0.5) is 0 Å². The summed E-state index contributed by atoms with van der Waals surface area (Å²) in [5.41, 5.74) is 5.18. The minimum atomic E-state index is -1.11. The second-order valence-corrected chi connectivity index (χ2v) is 4.15. The molecule has 22 heavy (non-hydrogen) atoms. The van der Waals surface area contributed by atoms with Crippen molar-refractivity contribution in [2.75, 3.05) is 6.54 Å². The molecule has 0 amide bonds. The Morgan fingerprint density at radius 3 is 1.36 bits per heavy atom. The molecule has 118 valence electrons. The molecule has 0 unspecified atom stereocenters. The van der Waals surface area contributed by atoms with Gasteiger partial charge in [0.1, 0.15) is 0 Å². The van der Waals surface area contributed by atoms with Crippen LogP contribution in [0.3, 0.4) is 0 Å². The number of hydrogen-bond acceptors (Lipinski definition) is 3. The van der Waals surface area contributed by atoms with Gasteiger partial charge in [-0.25, -0.2) is 9.59 Å². The van der Waals surface area contributed by atoms with Crippen LogP contribution in [0, 0.1) is 6.92 Å². The summed E-state index contributed by atoms with van der Waals surface area (Å²) in [4.78, 5) is 21.2. The van der Waals surface area contributed by atoms with Crippen LogP contribution in [0.25, 0.3) is 0 Å². The van der Waals surface area contributed by atoms with E-state index in [0.29, 0.717) is 0 Å². The summed E-state index contributed by atoms with van der Waals surface area (Å²) in [5.74, 6) is -2.22. The molecule has 2 aromatic carbocycles. The molecule has 2 rings (SSSR count). The zero-order chi connectivity index (χ0) is 17.0. The van der Waals surface area contributed by atoms with E-state index in [1.807, 2.05) is 43.3 Å². The molecule has 0 saturated carbocycles. The molecule has 0 radical (unpaired) electrons. The lowest BCUT2D eigenvalue weighted by Crippen LogP contribution is -2.06. The van der Waals surface area contributed by atoms with Crippen molar-refractivity contribution in [2.24, 2.45) is 5.73 Å². The van der Waals surface area contributed by atoms with E-state index in [0.717, 1.165) is 6.54 Å². The van der Waals surface area contributed by atoms with E-state index in [1.165, 1.54) is 25.1 Å². The van der Waals surface area contributed by atoms with Crippen molar-refractivity contribution in [1.29, 1.82) is 0 Å². The van der Waals surface area contributed by atoms with E-state index in [1.54, 1.807) is 0 Å². The molecule has 4 N–H and O–H groups in total. The third-order valence-corrected chi connectivity index (χ3v) is 2.46. The van der Waals surface area contributed by atoms with E-state index < -0.39 is 11.9 Å². The number of carboxylic acid groups (broad SMARTS) is 2. The summed E-state index contributed by atoms with van der Waals surface area (Å²) in [6, 6.07) is 16.2. The van der Waals surface area contributed by atoms with Crippen molar-refractivity contribution in [2.45, 2.75) is 13.8 Å². The highest BCUT2D eigenvalue weighted by atomic mass is 16.4. The molecule has 5 nitrogen and oxygen atoms in total. The molecule has 0 spiro atoms. The first-order valence-electron chi connectivity index (χ1n) is 6.71. The summed E-state index contributed by atoms with van der Waals surface area (Å²) in [6.07, 6.45) is 0. The van der Waals surface area contributed by atoms with E-state index in [-0.39, 0.29) is 16.7 Å². The third-order valence-electron chi connectivity index (χ3n) is 2.46. The molecule has 0 atom stereocenters. The average molecular weight is 303 g/mol. The largest absolute Gasteiger partial charge is 0.478 e. The Hall–Kier alpha value is -2.66. The molecule has 0 aliphatic heterocycles. The van der Waals surface area contributed by atoms with Gasteiger partial charge in [0.25, 0.3) is 0 Å². The lowest BCUT2D eigenvalue weighted by molar-refractivity contribution is 0.0696. The van der Waals surface area contributed by atoms with Crippen molar-refractivity contribution in [3.8, 4) is 0 Å². The topological polar surface area (TPSA) is 101 Å². The van der Waals surface area contributed by atoms with Crippen molar-refractivity contribution >= 4 is 11.9 Å². The van der Waals surface area contributed by atoms with Crippen molar-refractivity contribution in [1.82, 2.24) is 0 Å². The molecule has 0 heterocycles. The first kappa shape index (κ1) is 19.3. The Morgan fingerprint density at radius 2 is 1.14 bits per heavy atom. The predicted molar refractivity (Wildman–Crippen MR) is 86.3 cm³/mol. The lowest BCUT2D eigenvalue weighted by Gasteiger charge is -2.03. The first-order chi connectivity index (χ1) is 10.5. The molecule has 2 aromatic rings. The summed E-state index contributed by atoms with van der Waals surface area (Å²) in [7, 11) is 0. The van der Waals surface area contributed by atoms with Crippen LogP contribution in [-0.4, -0.2) is 28.7 Å². The maximum absolute atomic E-state index is 10.6. The first-order valence-corrected chi connectivity index (χ1v) is 6.71. The molecule has 5 heteroatoms. The van der Waals surface area contributed by atoms with Gasteiger partial charge in [-0.2, -0.15) is 0 Å². The van der Waals surface area contributed by atoms with Crippen LogP contribution < -0.4 is 5.73 Å². The second kappa shape index (κ2) is 11.0. The van der Waals surface area contributed by atoms with Crippen LogP contribution in [-0.2, 0) is 0 Å². The summed E-state index contributed by atoms with van der Waals surface area (Å²) >= 11 is 0. The van der Waals surface area contributed by atoms with Crippen LogP contribution in [0.15, 0.2) is 54.6 Å². The zero-order valence-corrected chi connectivity index (χ0v) is 12.7. The molecule has 0 aliphatic rings. The van der Waals surface area contributed by atoms with Gasteiger partial charge in [0.15, 0.2) is 0 Å². The van der Waals surface area contributed by atoms with Gasteiger partial charge >= 0.3 is 11.9 Å². The average Bonchev–Trinajstić information content (AvgIpc) is 2.50. The van der Waals surface area contributed by atoms with Gasteiger partial charge in [-0.05, 0) is 31.2 Å². The van der Waals surface area contributed by atoms with Crippen molar-refractivity contribution in [3.05, 3.63) is 71.3 Å². The van der Waals surface area contributed by atoms with Crippen LogP contribution >= 0.6 is 0 Å². The highest BCUT2D eigenvalue weighted by Crippen LogP contribution is 2.13. The predicted octanol–water partition coefficient (Wildman–Crippen LogP) is 3.04. The monoisotopic (exact) mass is 303 g/mol. The third kappa shape index (κ3) is 7.21. The highest BCUT2D eigenvalue weighted by molar-refractivity contribution is 5.96. The van der Waals surface area contributed by atoms with Gasteiger partial charge in [0.05, 0.1) is 11.1 Å². The maximum atomic E-state index is 10.6. The molecule has 0 aromatic heterocycles. The zero-order valence-electron chi connectivity index (χ0n) is 12.7. The highest BCUT2D eigenvalue weighted by Gasteiger charge is 2.13. The Morgan fingerprint density at radius 1 is 0.864 bits per heavy atom. The van der Waals surface area contributed by atoms with Gasteiger partial charge in [0.2, 0.25) is 0 Å².